The van der Waals surface area contributed by atoms with Gasteiger partial charge in [-0.3, -0.25) is 10.2 Å². The van der Waals surface area contributed by atoms with Crippen LogP contribution in [0.1, 0.15) is 33.1 Å². The summed E-state index contributed by atoms with van der Waals surface area (Å²) in [6.07, 6.45) is 6.32. The Kier molecular flexibility index (Phi) is 5.83. The van der Waals surface area contributed by atoms with Crippen molar-refractivity contribution < 1.29 is 4.79 Å². The molecule has 1 aliphatic carbocycles. The van der Waals surface area contributed by atoms with Crippen LogP contribution in [0.15, 0.2) is 34.9 Å². The van der Waals surface area contributed by atoms with Crippen LogP contribution in [-0.2, 0) is 4.79 Å². The summed E-state index contributed by atoms with van der Waals surface area (Å²) in [6.45, 7) is 3.30. The number of amidine groups is 1. The van der Waals surface area contributed by atoms with E-state index in [1.807, 2.05) is 0 Å². The first-order valence-electron chi connectivity index (χ1n) is 6.83. The lowest BCUT2D eigenvalue weighted by atomic mass is 9.93. The van der Waals surface area contributed by atoms with E-state index in [0.29, 0.717) is 22.9 Å². The van der Waals surface area contributed by atoms with Crippen molar-refractivity contribution in [2.45, 2.75) is 39.2 Å². The molecule has 0 radical (unpaired) electrons. The van der Waals surface area contributed by atoms with Crippen molar-refractivity contribution in [3.8, 4) is 0 Å². The second kappa shape index (κ2) is 7.37. The van der Waals surface area contributed by atoms with Gasteiger partial charge in [0.25, 0.3) is 5.91 Å². The highest BCUT2D eigenvalue weighted by molar-refractivity contribution is 6.10. The zero-order chi connectivity index (χ0) is 16.0. The van der Waals surface area contributed by atoms with Gasteiger partial charge in [0.15, 0.2) is 0 Å². The fourth-order valence-corrected chi connectivity index (χ4v) is 1.73. The van der Waals surface area contributed by atoms with Crippen LogP contribution in [0.2, 0.25) is 0 Å². The Labute approximate surface area is 124 Å². The molecule has 0 bridgehead atoms. The molecule has 9 N–H and O–H groups in total. The Bertz CT molecular complexity index is 506. The van der Waals surface area contributed by atoms with Crippen molar-refractivity contribution >= 4 is 11.7 Å². The highest BCUT2D eigenvalue weighted by Gasteiger charge is 2.18. The summed E-state index contributed by atoms with van der Waals surface area (Å²) in [5.74, 6) is -0.461. The largest absolute Gasteiger partial charge is 0.402 e. The molecule has 7 heteroatoms. The quantitative estimate of drug-likeness (QED) is 0.184. The molecule has 1 aliphatic rings. The molecule has 7 nitrogen and oxygen atoms in total. The van der Waals surface area contributed by atoms with Gasteiger partial charge in [-0.2, -0.15) is 0 Å². The van der Waals surface area contributed by atoms with Gasteiger partial charge in [-0.05, 0) is 39.2 Å². The van der Waals surface area contributed by atoms with Crippen LogP contribution in [-0.4, -0.2) is 17.8 Å². The summed E-state index contributed by atoms with van der Waals surface area (Å²) >= 11 is 0. The molecule has 0 aromatic rings. The number of nitrogens with one attached hydrogen (secondary N) is 3. The summed E-state index contributed by atoms with van der Waals surface area (Å²) in [7, 11) is 0. The zero-order valence-corrected chi connectivity index (χ0v) is 12.5. The molecule has 1 rings (SSSR count). The first kappa shape index (κ1) is 16.6. The zero-order valence-electron chi connectivity index (χ0n) is 12.5. The number of carbonyl (C=O) groups excluding carboxylic acids is 1. The maximum Gasteiger partial charge on any atom is 0.258 e. The number of hydrogen-bond donors (Lipinski definition) is 6. The third-order valence-electron chi connectivity index (χ3n) is 3.27. The molecule has 0 spiro atoms. The molecule has 116 valence electrons. The van der Waals surface area contributed by atoms with E-state index in [2.05, 4.69) is 10.6 Å². The highest BCUT2D eigenvalue weighted by atomic mass is 16.1. The first-order chi connectivity index (χ1) is 9.81. The summed E-state index contributed by atoms with van der Waals surface area (Å²) in [5.41, 5.74) is 17.8. The van der Waals surface area contributed by atoms with Crippen LogP contribution in [0.4, 0.5) is 0 Å². The number of allylic oxidation sites excluding steroid dienone is 1. The first-order valence-corrected chi connectivity index (χ1v) is 6.83. The minimum Gasteiger partial charge on any atom is -0.402 e. The number of rotatable bonds is 5. The lowest BCUT2D eigenvalue weighted by molar-refractivity contribution is -0.115. The maximum absolute atomic E-state index is 12.2. The number of carbonyl (C=O) groups is 1. The lowest BCUT2D eigenvalue weighted by Gasteiger charge is -2.26. The molecule has 1 fully saturated rings. The van der Waals surface area contributed by atoms with E-state index >= 15 is 0 Å². The summed E-state index contributed by atoms with van der Waals surface area (Å²) in [4.78, 5) is 12.2. The Morgan fingerprint density at radius 1 is 1.24 bits per heavy atom. The fraction of sp³-hybridized carbons (Fsp3) is 0.429. The topological polar surface area (TPSA) is 143 Å². The third-order valence-corrected chi connectivity index (χ3v) is 3.27. The van der Waals surface area contributed by atoms with Crippen LogP contribution >= 0.6 is 0 Å². The average Bonchev–Trinajstić information content (AvgIpc) is 2.29. The molecule has 0 aromatic heterocycles. The normalized spacial score (nSPS) is 15.9. The Morgan fingerprint density at radius 2 is 1.86 bits per heavy atom. The Hall–Kier alpha value is -2.44. The van der Waals surface area contributed by atoms with Gasteiger partial charge in [0.2, 0.25) is 0 Å². The molecule has 0 heterocycles. The van der Waals surface area contributed by atoms with E-state index in [4.69, 9.17) is 22.6 Å². The third kappa shape index (κ3) is 5.21. The molecule has 0 saturated heterocycles. The van der Waals surface area contributed by atoms with Gasteiger partial charge >= 0.3 is 0 Å². The highest BCUT2D eigenvalue weighted by Crippen LogP contribution is 2.19. The molecular formula is C14H24N6O. The second-order valence-corrected chi connectivity index (χ2v) is 5.19. The Morgan fingerprint density at radius 3 is 2.29 bits per heavy atom. The minimum atomic E-state index is -0.449. The van der Waals surface area contributed by atoms with Gasteiger partial charge in [0.1, 0.15) is 5.84 Å². The van der Waals surface area contributed by atoms with Gasteiger partial charge < -0.3 is 27.8 Å². The van der Waals surface area contributed by atoms with E-state index in [1.54, 1.807) is 20.0 Å². The monoisotopic (exact) mass is 292 g/mol. The molecule has 0 aliphatic heterocycles. The van der Waals surface area contributed by atoms with E-state index in [1.165, 1.54) is 12.5 Å². The molecular weight excluding hydrogens is 268 g/mol. The number of hydrogen-bond acceptors (Lipinski definition) is 6. The van der Waals surface area contributed by atoms with E-state index in [-0.39, 0.29) is 11.7 Å². The summed E-state index contributed by atoms with van der Waals surface area (Å²) in [6, 6.07) is 0.380. The van der Waals surface area contributed by atoms with Crippen molar-refractivity contribution in [1.29, 1.82) is 5.41 Å². The van der Waals surface area contributed by atoms with Crippen molar-refractivity contribution in [1.82, 2.24) is 10.6 Å². The average molecular weight is 292 g/mol. The molecule has 21 heavy (non-hydrogen) atoms. The SMILES string of the molecule is CC(=C(N)N)/C(=C\NC1CCC1)C(=O)NC(=N)/C=C(/C)N. The number of amides is 1. The molecule has 1 saturated carbocycles. The van der Waals surface area contributed by atoms with Gasteiger partial charge in [-0.25, -0.2) is 0 Å². The van der Waals surface area contributed by atoms with Crippen molar-refractivity contribution in [3.63, 3.8) is 0 Å². The van der Waals surface area contributed by atoms with E-state index in [9.17, 15) is 4.79 Å². The molecule has 0 atom stereocenters. The van der Waals surface area contributed by atoms with Gasteiger partial charge in [-0.1, -0.05) is 0 Å². The molecule has 0 unspecified atom stereocenters. The van der Waals surface area contributed by atoms with Gasteiger partial charge in [-0.15, -0.1) is 0 Å². The number of nitrogens with two attached hydrogens (primary N) is 3. The fourth-order valence-electron chi connectivity index (χ4n) is 1.73. The molecule has 0 aromatic carbocycles. The van der Waals surface area contributed by atoms with Crippen LogP contribution in [0, 0.1) is 5.41 Å². The predicted molar refractivity (Wildman–Crippen MR) is 83.7 cm³/mol. The van der Waals surface area contributed by atoms with Crippen LogP contribution in [0.25, 0.3) is 0 Å². The summed E-state index contributed by atoms with van der Waals surface area (Å²) in [5, 5.41) is 13.3. The standard InChI is InChI=1S/C14H24N6O/c1-8(15)6-12(16)20-14(21)11(9(2)13(17)18)7-19-10-4-3-5-10/h6-7,10,19H,3-5,15,17-18H2,1-2H3,(H2,16,20,21)/b8-6-,11-7+. The smallest absolute Gasteiger partial charge is 0.258 e. The van der Waals surface area contributed by atoms with Gasteiger partial charge in [0, 0.05) is 23.5 Å². The van der Waals surface area contributed by atoms with Crippen LogP contribution < -0.4 is 27.8 Å². The van der Waals surface area contributed by atoms with E-state index < -0.39 is 5.91 Å². The predicted octanol–water partition coefficient (Wildman–Crippen LogP) is 0.117. The minimum absolute atomic E-state index is 0.0730. The molecule has 1 amide bonds. The maximum atomic E-state index is 12.2. The van der Waals surface area contributed by atoms with Crippen LogP contribution in [0.5, 0.6) is 0 Å². The lowest BCUT2D eigenvalue weighted by Crippen LogP contribution is -2.35. The van der Waals surface area contributed by atoms with Crippen molar-refractivity contribution in [2.75, 3.05) is 0 Å². The summed E-state index contributed by atoms with van der Waals surface area (Å²) < 4.78 is 0. The van der Waals surface area contributed by atoms with E-state index in [0.717, 1.165) is 12.8 Å². The van der Waals surface area contributed by atoms with Crippen molar-refractivity contribution in [3.05, 3.63) is 34.9 Å². The Balaban J connectivity index is 2.85. The second-order valence-electron chi connectivity index (χ2n) is 5.19. The van der Waals surface area contributed by atoms with Crippen molar-refractivity contribution in [2.24, 2.45) is 17.2 Å². The van der Waals surface area contributed by atoms with Gasteiger partial charge in [0.05, 0.1) is 11.4 Å². The van der Waals surface area contributed by atoms with Crippen LogP contribution in [0.3, 0.4) is 0 Å².